The maximum atomic E-state index is 4.17. The molecule has 0 spiro atoms. The summed E-state index contributed by atoms with van der Waals surface area (Å²) in [5.41, 5.74) is 1.37. The number of rotatable bonds is 1. The Hall–Kier alpha value is 0.0700. The zero-order valence-electron chi connectivity index (χ0n) is 8.93. The van der Waals surface area contributed by atoms with Gasteiger partial charge in [0.1, 0.15) is 0 Å². The number of likely N-dealkylation sites (tertiary alicyclic amines) is 1. The number of aromatic nitrogens is 1. The summed E-state index contributed by atoms with van der Waals surface area (Å²) < 4.78 is 0. The van der Waals surface area contributed by atoms with Crippen LogP contribution in [0.15, 0.2) is 24.5 Å². The number of halogens is 2. The second-order valence-electron chi connectivity index (χ2n) is 3.78. The Kier molecular flexibility index (Phi) is 7.40. The van der Waals surface area contributed by atoms with Gasteiger partial charge in [-0.1, -0.05) is 12.5 Å². The summed E-state index contributed by atoms with van der Waals surface area (Å²) in [6.45, 7) is 1.22. The predicted octanol–water partition coefficient (Wildman–Crippen LogP) is 3.39. The van der Waals surface area contributed by atoms with E-state index in [1.54, 1.807) is 0 Å². The van der Waals surface area contributed by atoms with Gasteiger partial charge in [-0.2, -0.15) is 0 Å². The highest BCUT2D eigenvalue weighted by atomic mass is 79.9. The summed E-state index contributed by atoms with van der Waals surface area (Å²) in [5.74, 6) is 0. The Morgan fingerprint density at radius 1 is 1.33 bits per heavy atom. The van der Waals surface area contributed by atoms with Crippen molar-refractivity contribution in [3.63, 3.8) is 0 Å². The summed E-state index contributed by atoms with van der Waals surface area (Å²) in [5, 5.41) is 0. The Balaban J connectivity index is 0.000000980. The third kappa shape index (κ3) is 3.85. The van der Waals surface area contributed by atoms with Crippen LogP contribution >= 0.6 is 34.0 Å². The van der Waals surface area contributed by atoms with Gasteiger partial charge in [-0.3, -0.25) is 9.88 Å². The summed E-state index contributed by atoms with van der Waals surface area (Å²) in [6.07, 6.45) is 7.80. The maximum absolute atomic E-state index is 4.17. The highest BCUT2D eigenvalue weighted by Gasteiger charge is 2.19. The fourth-order valence-electron chi connectivity index (χ4n) is 2.07. The van der Waals surface area contributed by atoms with E-state index < -0.39 is 0 Å². The standard InChI is InChI=1S/C11H16N2.2BrH/c1-13-8-3-2-6-11(13)10-5-4-7-12-9-10;;/h4-5,7,9,11H,2-3,6,8H2,1H3;2*1H/t11-;;/m0../s1. The van der Waals surface area contributed by atoms with E-state index in [9.17, 15) is 0 Å². The average Bonchev–Trinajstić information content (AvgIpc) is 2.20. The molecule has 4 heteroatoms. The van der Waals surface area contributed by atoms with E-state index in [2.05, 4.69) is 23.0 Å². The smallest absolute Gasteiger partial charge is 0.0360 e. The van der Waals surface area contributed by atoms with Crippen molar-refractivity contribution in [1.82, 2.24) is 9.88 Å². The Labute approximate surface area is 113 Å². The number of hydrogen-bond acceptors (Lipinski definition) is 2. The van der Waals surface area contributed by atoms with Crippen LogP contribution in [0.25, 0.3) is 0 Å². The van der Waals surface area contributed by atoms with Crippen molar-refractivity contribution in [2.45, 2.75) is 25.3 Å². The van der Waals surface area contributed by atoms with E-state index >= 15 is 0 Å². The van der Waals surface area contributed by atoms with Crippen molar-refractivity contribution < 1.29 is 0 Å². The van der Waals surface area contributed by atoms with Gasteiger partial charge in [-0.25, -0.2) is 0 Å². The monoisotopic (exact) mass is 336 g/mol. The minimum absolute atomic E-state index is 0. The lowest BCUT2D eigenvalue weighted by Gasteiger charge is -2.32. The molecule has 1 atom stereocenters. The van der Waals surface area contributed by atoms with Crippen LogP contribution in [0.4, 0.5) is 0 Å². The molecule has 0 amide bonds. The fourth-order valence-corrected chi connectivity index (χ4v) is 2.07. The van der Waals surface area contributed by atoms with Crippen LogP contribution < -0.4 is 0 Å². The molecule has 86 valence electrons. The van der Waals surface area contributed by atoms with E-state index in [1.807, 2.05) is 18.5 Å². The Bertz CT molecular complexity index is 267. The first-order chi connectivity index (χ1) is 6.38. The number of pyridine rings is 1. The molecule has 1 fully saturated rings. The van der Waals surface area contributed by atoms with Gasteiger partial charge in [0.25, 0.3) is 0 Å². The summed E-state index contributed by atoms with van der Waals surface area (Å²) in [6, 6.07) is 4.81. The summed E-state index contributed by atoms with van der Waals surface area (Å²) >= 11 is 0. The van der Waals surface area contributed by atoms with Crippen LogP contribution in [0.3, 0.4) is 0 Å². The molecule has 2 heterocycles. The normalized spacial score (nSPS) is 21.3. The number of piperidine rings is 1. The molecule has 0 N–H and O–H groups in total. The second-order valence-corrected chi connectivity index (χ2v) is 3.78. The third-order valence-corrected chi connectivity index (χ3v) is 2.84. The molecule has 0 aliphatic carbocycles. The highest BCUT2D eigenvalue weighted by Crippen LogP contribution is 2.28. The van der Waals surface area contributed by atoms with Crippen molar-refractivity contribution in [3.8, 4) is 0 Å². The van der Waals surface area contributed by atoms with Gasteiger partial charge in [-0.15, -0.1) is 34.0 Å². The minimum Gasteiger partial charge on any atom is -0.299 e. The molecule has 1 aliphatic rings. The summed E-state index contributed by atoms with van der Waals surface area (Å²) in [7, 11) is 2.21. The molecule has 0 bridgehead atoms. The molecule has 2 rings (SSSR count). The van der Waals surface area contributed by atoms with Crippen LogP contribution in [0.5, 0.6) is 0 Å². The van der Waals surface area contributed by atoms with Gasteiger partial charge >= 0.3 is 0 Å². The van der Waals surface area contributed by atoms with Crippen LogP contribution in [-0.4, -0.2) is 23.5 Å². The topological polar surface area (TPSA) is 16.1 Å². The van der Waals surface area contributed by atoms with E-state index in [4.69, 9.17) is 0 Å². The quantitative estimate of drug-likeness (QED) is 0.780. The zero-order chi connectivity index (χ0) is 9.10. The fraction of sp³-hybridized carbons (Fsp3) is 0.545. The molecule has 1 aromatic heterocycles. The molecule has 0 aromatic carbocycles. The first-order valence-electron chi connectivity index (χ1n) is 4.98. The van der Waals surface area contributed by atoms with Crippen molar-refractivity contribution in [1.29, 1.82) is 0 Å². The van der Waals surface area contributed by atoms with Crippen LogP contribution in [0.2, 0.25) is 0 Å². The van der Waals surface area contributed by atoms with E-state index in [0.717, 1.165) is 0 Å². The minimum atomic E-state index is 0. The zero-order valence-corrected chi connectivity index (χ0v) is 12.4. The molecule has 1 aliphatic heterocycles. The van der Waals surface area contributed by atoms with Gasteiger partial charge in [0.05, 0.1) is 0 Å². The molecule has 1 aromatic rings. The predicted molar refractivity (Wildman–Crippen MR) is 74.1 cm³/mol. The Morgan fingerprint density at radius 3 is 2.73 bits per heavy atom. The molecule has 0 radical (unpaired) electrons. The number of nitrogens with zero attached hydrogens (tertiary/aromatic N) is 2. The maximum Gasteiger partial charge on any atom is 0.0360 e. The molecule has 15 heavy (non-hydrogen) atoms. The van der Waals surface area contributed by atoms with Crippen molar-refractivity contribution >= 4 is 34.0 Å². The third-order valence-electron chi connectivity index (χ3n) is 2.84. The highest BCUT2D eigenvalue weighted by molar-refractivity contribution is 8.93. The summed E-state index contributed by atoms with van der Waals surface area (Å²) in [4.78, 5) is 6.60. The Morgan fingerprint density at radius 2 is 2.13 bits per heavy atom. The molecule has 0 unspecified atom stereocenters. The van der Waals surface area contributed by atoms with Gasteiger partial charge in [-0.05, 0) is 38.1 Å². The molecule has 0 saturated carbocycles. The van der Waals surface area contributed by atoms with Crippen molar-refractivity contribution in [2.75, 3.05) is 13.6 Å². The lowest BCUT2D eigenvalue weighted by atomic mass is 9.97. The van der Waals surface area contributed by atoms with Gasteiger partial charge in [0.15, 0.2) is 0 Å². The van der Waals surface area contributed by atoms with Gasteiger partial charge < -0.3 is 0 Å². The van der Waals surface area contributed by atoms with Crippen molar-refractivity contribution in [2.24, 2.45) is 0 Å². The molecule has 1 saturated heterocycles. The van der Waals surface area contributed by atoms with Gasteiger partial charge in [0, 0.05) is 18.4 Å². The number of hydrogen-bond donors (Lipinski definition) is 0. The van der Waals surface area contributed by atoms with E-state index in [1.165, 1.54) is 31.4 Å². The lowest BCUT2D eigenvalue weighted by Crippen LogP contribution is -2.29. The van der Waals surface area contributed by atoms with Crippen molar-refractivity contribution in [3.05, 3.63) is 30.1 Å². The first-order valence-corrected chi connectivity index (χ1v) is 4.98. The van der Waals surface area contributed by atoms with E-state index in [-0.39, 0.29) is 34.0 Å². The van der Waals surface area contributed by atoms with Crippen LogP contribution in [0.1, 0.15) is 30.9 Å². The second kappa shape index (κ2) is 7.36. The largest absolute Gasteiger partial charge is 0.299 e. The molecular weight excluding hydrogens is 320 g/mol. The molecular formula is C11H18Br2N2. The van der Waals surface area contributed by atoms with E-state index in [0.29, 0.717) is 6.04 Å². The first kappa shape index (κ1) is 15.1. The lowest BCUT2D eigenvalue weighted by molar-refractivity contribution is 0.187. The molecule has 2 nitrogen and oxygen atoms in total. The SMILES string of the molecule is Br.Br.CN1CCCC[C@H]1c1cccnc1. The van der Waals surface area contributed by atoms with Crippen LogP contribution in [-0.2, 0) is 0 Å². The van der Waals surface area contributed by atoms with Gasteiger partial charge in [0.2, 0.25) is 0 Å². The average molecular weight is 338 g/mol. The van der Waals surface area contributed by atoms with Crippen LogP contribution in [0, 0.1) is 0 Å².